The third-order valence-corrected chi connectivity index (χ3v) is 0.917. The molecule has 0 aliphatic rings. The second-order valence-electron chi connectivity index (χ2n) is 3.05. The van der Waals surface area contributed by atoms with Gasteiger partial charge in [-0.3, -0.25) is 4.79 Å². The van der Waals surface area contributed by atoms with Crippen molar-refractivity contribution in [2.45, 2.75) is 39.7 Å². The third kappa shape index (κ3) is 22.9. The summed E-state index contributed by atoms with van der Waals surface area (Å²) in [4.78, 5) is 9.85. The summed E-state index contributed by atoms with van der Waals surface area (Å²) in [5, 5.41) is 16.9. The average Bonchev–Trinajstić information content (AvgIpc) is 1.83. The largest absolute Gasteiger partial charge is 0.481 e. The van der Waals surface area contributed by atoms with Crippen LogP contribution in [-0.4, -0.2) is 21.8 Å². The highest BCUT2D eigenvalue weighted by molar-refractivity contribution is 5.67. The molecule has 0 aliphatic carbocycles. The lowest BCUT2D eigenvalue weighted by atomic mass is 10.1. The lowest BCUT2D eigenvalue weighted by Gasteiger charge is -2.12. The van der Waals surface area contributed by atoms with Crippen LogP contribution in [0.3, 0.4) is 0 Å². The van der Waals surface area contributed by atoms with Gasteiger partial charge in [-0.05, 0) is 27.7 Å². The molecule has 0 saturated carbocycles. The molecule has 0 amide bonds. The van der Waals surface area contributed by atoms with Crippen LogP contribution >= 0.6 is 0 Å². The van der Waals surface area contributed by atoms with E-state index in [9.17, 15) is 4.79 Å². The van der Waals surface area contributed by atoms with Crippen molar-refractivity contribution in [3.8, 4) is 0 Å². The highest BCUT2D eigenvalue weighted by Crippen LogP contribution is 2.05. The van der Waals surface area contributed by atoms with Crippen LogP contribution in [0.15, 0.2) is 12.2 Å². The number of carbonyl (C=O) groups is 1. The molecule has 0 fully saturated rings. The van der Waals surface area contributed by atoms with E-state index >= 15 is 0 Å². The zero-order valence-electron chi connectivity index (χ0n) is 8.16. The Morgan fingerprint density at radius 2 is 1.67 bits per heavy atom. The van der Waals surface area contributed by atoms with E-state index in [1.165, 1.54) is 13.8 Å². The molecule has 0 aliphatic heterocycles. The van der Waals surface area contributed by atoms with Gasteiger partial charge in [-0.15, -0.1) is 0 Å². The van der Waals surface area contributed by atoms with Gasteiger partial charge in [0.15, 0.2) is 0 Å². The fourth-order valence-corrected chi connectivity index (χ4v) is 0.370. The Hall–Kier alpha value is -0.830. The smallest absolute Gasteiger partial charge is 0.306 e. The van der Waals surface area contributed by atoms with E-state index in [4.69, 9.17) is 10.2 Å². The van der Waals surface area contributed by atoms with Gasteiger partial charge >= 0.3 is 5.97 Å². The van der Waals surface area contributed by atoms with Crippen molar-refractivity contribution in [2.24, 2.45) is 0 Å². The van der Waals surface area contributed by atoms with Gasteiger partial charge in [-0.2, -0.15) is 0 Å². The Morgan fingerprint density at radius 3 is 1.67 bits per heavy atom. The number of carboxylic acids is 1. The van der Waals surface area contributed by atoms with Crippen molar-refractivity contribution >= 4 is 5.97 Å². The molecule has 0 heterocycles. The third-order valence-electron chi connectivity index (χ3n) is 0.917. The van der Waals surface area contributed by atoms with Crippen LogP contribution < -0.4 is 0 Å². The molecule has 2 N–H and O–H groups in total. The number of hydrogen-bond donors (Lipinski definition) is 2. The number of aliphatic carboxylic acids is 1. The van der Waals surface area contributed by atoms with Crippen molar-refractivity contribution in [3.05, 3.63) is 12.2 Å². The monoisotopic (exact) mass is 174 g/mol. The van der Waals surface area contributed by atoms with Gasteiger partial charge in [0, 0.05) is 0 Å². The molecule has 0 rings (SSSR count). The molecule has 0 unspecified atom stereocenters. The van der Waals surface area contributed by atoms with Crippen molar-refractivity contribution in [1.82, 2.24) is 0 Å². The van der Waals surface area contributed by atoms with Gasteiger partial charge in [0.05, 0.1) is 12.0 Å². The predicted octanol–water partition coefficient (Wildman–Crippen LogP) is 1.81. The molecule has 0 bridgehead atoms. The van der Waals surface area contributed by atoms with Crippen molar-refractivity contribution in [1.29, 1.82) is 0 Å². The first-order chi connectivity index (χ1) is 5.33. The molecule has 0 saturated heterocycles. The zero-order chi connectivity index (χ0) is 10.2. The zero-order valence-corrected chi connectivity index (χ0v) is 8.16. The standard InChI is InChI=1S/C5H10O3.C4H8/c1-5(2,8)3-4(6)7;1-3-4-2/h8H,3H2,1-2H3,(H,6,7);3-4H,1-2H3. The summed E-state index contributed by atoms with van der Waals surface area (Å²) in [6.07, 6.45) is 3.80. The number of carboxylic acid groups (broad SMARTS) is 1. The second kappa shape index (κ2) is 6.85. The SMILES string of the molecule is CC(C)(O)CC(=O)O.CC=CC. The second-order valence-corrected chi connectivity index (χ2v) is 3.05. The molecule has 0 aromatic carbocycles. The fraction of sp³-hybridized carbons (Fsp3) is 0.667. The maximum absolute atomic E-state index is 9.85. The van der Waals surface area contributed by atoms with Crippen LogP contribution in [0.5, 0.6) is 0 Å². The molecule has 3 nitrogen and oxygen atoms in total. The fourth-order valence-electron chi connectivity index (χ4n) is 0.370. The highest BCUT2D eigenvalue weighted by atomic mass is 16.4. The number of rotatable bonds is 2. The van der Waals surface area contributed by atoms with Crippen LogP contribution in [0.4, 0.5) is 0 Å². The summed E-state index contributed by atoms with van der Waals surface area (Å²) in [6.45, 7) is 6.92. The molecule has 0 atom stereocenters. The van der Waals surface area contributed by atoms with Gasteiger partial charge in [-0.25, -0.2) is 0 Å². The van der Waals surface area contributed by atoms with Gasteiger partial charge < -0.3 is 10.2 Å². The highest BCUT2D eigenvalue weighted by Gasteiger charge is 2.16. The first-order valence-electron chi connectivity index (χ1n) is 3.85. The summed E-state index contributed by atoms with van der Waals surface area (Å²) in [5.74, 6) is -0.975. The minimum absolute atomic E-state index is 0.201. The maximum atomic E-state index is 9.85. The molecule has 0 spiro atoms. The van der Waals surface area contributed by atoms with E-state index in [0.29, 0.717) is 0 Å². The van der Waals surface area contributed by atoms with Gasteiger partial charge in [-0.1, -0.05) is 12.2 Å². The molecular weight excluding hydrogens is 156 g/mol. The van der Waals surface area contributed by atoms with Gasteiger partial charge in [0.2, 0.25) is 0 Å². The predicted molar refractivity (Wildman–Crippen MR) is 49.0 cm³/mol. The lowest BCUT2D eigenvalue weighted by molar-refractivity contribution is -0.141. The number of aliphatic hydroxyl groups is 1. The Labute approximate surface area is 73.7 Å². The average molecular weight is 174 g/mol. The summed E-state index contributed by atoms with van der Waals surface area (Å²) in [5.41, 5.74) is -1.08. The summed E-state index contributed by atoms with van der Waals surface area (Å²) >= 11 is 0. The van der Waals surface area contributed by atoms with Crippen LogP contribution in [0.2, 0.25) is 0 Å². The van der Waals surface area contributed by atoms with Gasteiger partial charge in [0.1, 0.15) is 0 Å². The van der Waals surface area contributed by atoms with E-state index in [1.54, 1.807) is 0 Å². The first-order valence-corrected chi connectivity index (χ1v) is 3.85. The molecule has 3 heteroatoms. The lowest BCUT2D eigenvalue weighted by Crippen LogP contribution is -2.22. The molecule has 72 valence electrons. The van der Waals surface area contributed by atoms with E-state index in [0.717, 1.165) is 0 Å². The van der Waals surface area contributed by atoms with Crippen molar-refractivity contribution < 1.29 is 15.0 Å². The van der Waals surface area contributed by atoms with Crippen LogP contribution in [-0.2, 0) is 4.79 Å². The minimum atomic E-state index is -1.08. The molecule has 12 heavy (non-hydrogen) atoms. The van der Waals surface area contributed by atoms with E-state index < -0.39 is 11.6 Å². The van der Waals surface area contributed by atoms with E-state index in [1.807, 2.05) is 26.0 Å². The number of hydrogen-bond acceptors (Lipinski definition) is 2. The molecular formula is C9H18O3. The number of allylic oxidation sites excluding steroid dienone is 2. The van der Waals surface area contributed by atoms with Crippen molar-refractivity contribution in [3.63, 3.8) is 0 Å². The minimum Gasteiger partial charge on any atom is -0.481 e. The maximum Gasteiger partial charge on any atom is 0.306 e. The summed E-state index contributed by atoms with van der Waals surface area (Å²) in [6, 6.07) is 0. The quantitative estimate of drug-likeness (QED) is 0.628. The Kier molecular flexibility index (Phi) is 7.85. The topological polar surface area (TPSA) is 57.5 Å². The normalized spacial score (nSPS) is 10.8. The van der Waals surface area contributed by atoms with E-state index in [2.05, 4.69) is 0 Å². The van der Waals surface area contributed by atoms with Crippen molar-refractivity contribution in [2.75, 3.05) is 0 Å². The van der Waals surface area contributed by atoms with Crippen LogP contribution in [0, 0.1) is 0 Å². The van der Waals surface area contributed by atoms with Crippen LogP contribution in [0.25, 0.3) is 0 Å². The Morgan fingerprint density at radius 1 is 1.33 bits per heavy atom. The first kappa shape index (κ1) is 13.7. The van der Waals surface area contributed by atoms with E-state index in [-0.39, 0.29) is 6.42 Å². The Balaban J connectivity index is 0. The molecule has 0 radical (unpaired) electrons. The Bertz CT molecular complexity index is 138. The summed E-state index contributed by atoms with van der Waals surface area (Å²) < 4.78 is 0. The van der Waals surface area contributed by atoms with Crippen LogP contribution in [0.1, 0.15) is 34.1 Å². The molecule has 0 aromatic heterocycles. The summed E-state index contributed by atoms with van der Waals surface area (Å²) in [7, 11) is 0. The molecule has 0 aromatic rings. The van der Waals surface area contributed by atoms with Gasteiger partial charge in [0.25, 0.3) is 0 Å².